The fraction of sp³-hybridized carbons (Fsp3) is 0.391. The zero-order valence-electron chi connectivity index (χ0n) is 16.8. The van der Waals surface area contributed by atoms with Crippen LogP contribution in [0.3, 0.4) is 0 Å². The number of amides is 1. The molecule has 0 spiro atoms. The molecule has 0 aliphatic carbocycles. The third-order valence-corrected chi connectivity index (χ3v) is 5.66. The van der Waals surface area contributed by atoms with Crippen molar-refractivity contribution in [3.8, 4) is 6.07 Å². The van der Waals surface area contributed by atoms with Gasteiger partial charge in [0, 0.05) is 50.6 Å². The average molecular weight is 390 g/mol. The Hall–Kier alpha value is -3.04. The molecule has 0 aromatic heterocycles. The fourth-order valence-electron chi connectivity index (χ4n) is 3.99. The first-order chi connectivity index (χ1) is 14.2. The molecule has 2 aromatic carbocycles. The summed E-state index contributed by atoms with van der Waals surface area (Å²) in [5, 5.41) is 8.96. The van der Waals surface area contributed by atoms with Crippen molar-refractivity contribution in [3.63, 3.8) is 0 Å². The van der Waals surface area contributed by atoms with Gasteiger partial charge in [-0.15, -0.1) is 0 Å². The molecular formula is C23H26N4O2. The van der Waals surface area contributed by atoms with Crippen LogP contribution in [-0.2, 0) is 4.74 Å². The first-order valence-corrected chi connectivity index (χ1v) is 10.1. The number of ether oxygens (including phenoxy) is 1. The SMILES string of the molecule is Cc1ccc(N2CCOCC2)c(C(=O)N2CCN(c3ccc(C#N)cc3)CC2)c1. The third-order valence-electron chi connectivity index (χ3n) is 5.66. The molecule has 6 nitrogen and oxygen atoms in total. The van der Waals surface area contributed by atoms with Gasteiger partial charge in [-0.25, -0.2) is 0 Å². The van der Waals surface area contributed by atoms with Crippen LogP contribution >= 0.6 is 0 Å². The summed E-state index contributed by atoms with van der Waals surface area (Å²) in [6, 6.07) is 16.0. The van der Waals surface area contributed by atoms with Crippen LogP contribution in [0, 0.1) is 18.3 Å². The molecule has 0 N–H and O–H groups in total. The fourth-order valence-corrected chi connectivity index (χ4v) is 3.99. The van der Waals surface area contributed by atoms with E-state index in [1.54, 1.807) is 0 Å². The number of anilines is 2. The standard InChI is InChI=1S/C23H26N4O2/c1-18-2-7-22(26-12-14-29-15-13-26)21(16-18)23(28)27-10-8-25(9-11-27)20-5-3-19(17-24)4-6-20/h2-7,16H,8-15H2,1H3. The molecule has 150 valence electrons. The highest BCUT2D eigenvalue weighted by molar-refractivity contribution is 6.00. The molecule has 0 radical (unpaired) electrons. The molecule has 29 heavy (non-hydrogen) atoms. The molecule has 0 unspecified atom stereocenters. The predicted octanol–water partition coefficient (Wildman–Crippen LogP) is 2.67. The van der Waals surface area contributed by atoms with Crippen LogP contribution in [-0.4, -0.2) is 63.3 Å². The largest absolute Gasteiger partial charge is 0.378 e. The number of hydrogen-bond acceptors (Lipinski definition) is 5. The first kappa shape index (κ1) is 19.3. The summed E-state index contributed by atoms with van der Waals surface area (Å²) in [4.78, 5) is 19.8. The van der Waals surface area contributed by atoms with Gasteiger partial charge >= 0.3 is 0 Å². The minimum Gasteiger partial charge on any atom is -0.378 e. The Bertz CT molecular complexity index is 905. The lowest BCUT2D eigenvalue weighted by Gasteiger charge is -2.37. The molecule has 2 aliphatic rings. The maximum atomic E-state index is 13.4. The van der Waals surface area contributed by atoms with Crippen LogP contribution in [0.5, 0.6) is 0 Å². The van der Waals surface area contributed by atoms with E-state index in [0.717, 1.165) is 48.7 Å². The van der Waals surface area contributed by atoms with Crippen molar-refractivity contribution in [2.75, 3.05) is 62.3 Å². The number of carbonyl (C=O) groups excluding carboxylic acids is 1. The van der Waals surface area contributed by atoms with E-state index in [-0.39, 0.29) is 5.91 Å². The molecule has 0 bridgehead atoms. The van der Waals surface area contributed by atoms with Gasteiger partial charge in [0.15, 0.2) is 0 Å². The molecule has 2 fully saturated rings. The summed E-state index contributed by atoms with van der Waals surface area (Å²) < 4.78 is 5.47. The van der Waals surface area contributed by atoms with Gasteiger partial charge in [-0.2, -0.15) is 5.26 Å². The van der Waals surface area contributed by atoms with E-state index in [2.05, 4.69) is 28.0 Å². The van der Waals surface area contributed by atoms with Crippen molar-refractivity contribution in [1.82, 2.24) is 4.90 Å². The first-order valence-electron chi connectivity index (χ1n) is 10.1. The third kappa shape index (κ3) is 4.20. The lowest BCUT2D eigenvalue weighted by Crippen LogP contribution is -2.49. The summed E-state index contributed by atoms with van der Waals surface area (Å²) in [7, 11) is 0. The van der Waals surface area contributed by atoms with E-state index in [0.29, 0.717) is 31.9 Å². The Kier molecular flexibility index (Phi) is 5.68. The number of aryl methyl sites for hydroxylation is 1. The Morgan fingerprint density at radius 3 is 2.28 bits per heavy atom. The minimum atomic E-state index is 0.106. The van der Waals surface area contributed by atoms with Crippen molar-refractivity contribution >= 4 is 17.3 Å². The number of piperazine rings is 1. The molecule has 1 amide bonds. The van der Waals surface area contributed by atoms with Gasteiger partial charge < -0.3 is 19.4 Å². The normalized spacial score (nSPS) is 17.2. The number of nitriles is 1. The molecule has 0 saturated carbocycles. The molecule has 2 saturated heterocycles. The number of morpholine rings is 1. The Labute approximate surface area is 171 Å². The average Bonchev–Trinajstić information content (AvgIpc) is 2.79. The second-order valence-corrected chi connectivity index (χ2v) is 7.56. The zero-order valence-corrected chi connectivity index (χ0v) is 16.8. The Morgan fingerprint density at radius 2 is 1.62 bits per heavy atom. The van der Waals surface area contributed by atoms with Crippen molar-refractivity contribution < 1.29 is 9.53 Å². The Morgan fingerprint density at radius 1 is 0.931 bits per heavy atom. The predicted molar refractivity (Wildman–Crippen MR) is 113 cm³/mol. The number of hydrogen-bond donors (Lipinski definition) is 0. The van der Waals surface area contributed by atoms with Gasteiger partial charge in [-0.1, -0.05) is 11.6 Å². The van der Waals surface area contributed by atoms with Gasteiger partial charge in [-0.05, 0) is 43.3 Å². The van der Waals surface area contributed by atoms with E-state index >= 15 is 0 Å². The maximum Gasteiger partial charge on any atom is 0.256 e. The second kappa shape index (κ2) is 8.54. The van der Waals surface area contributed by atoms with Crippen LogP contribution in [0.4, 0.5) is 11.4 Å². The molecule has 2 aromatic rings. The smallest absolute Gasteiger partial charge is 0.256 e. The number of nitrogens with zero attached hydrogens (tertiary/aromatic N) is 4. The van der Waals surface area contributed by atoms with Gasteiger partial charge in [0.05, 0.1) is 30.4 Å². The van der Waals surface area contributed by atoms with Crippen LogP contribution in [0.15, 0.2) is 42.5 Å². The van der Waals surface area contributed by atoms with Crippen LogP contribution < -0.4 is 9.80 Å². The number of benzene rings is 2. The highest BCUT2D eigenvalue weighted by Gasteiger charge is 2.26. The number of carbonyl (C=O) groups is 1. The van der Waals surface area contributed by atoms with E-state index < -0.39 is 0 Å². The van der Waals surface area contributed by atoms with E-state index in [1.165, 1.54) is 0 Å². The maximum absolute atomic E-state index is 13.4. The Balaban J connectivity index is 1.47. The lowest BCUT2D eigenvalue weighted by atomic mass is 10.1. The quantitative estimate of drug-likeness (QED) is 0.806. The summed E-state index contributed by atoms with van der Waals surface area (Å²) >= 11 is 0. The topological polar surface area (TPSA) is 59.8 Å². The van der Waals surface area contributed by atoms with Crippen molar-refractivity contribution in [2.24, 2.45) is 0 Å². The van der Waals surface area contributed by atoms with Crippen molar-refractivity contribution in [3.05, 3.63) is 59.2 Å². The van der Waals surface area contributed by atoms with Crippen molar-refractivity contribution in [1.29, 1.82) is 5.26 Å². The van der Waals surface area contributed by atoms with E-state index in [9.17, 15) is 4.79 Å². The van der Waals surface area contributed by atoms with Crippen molar-refractivity contribution in [2.45, 2.75) is 6.92 Å². The van der Waals surface area contributed by atoms with Crippen LogP contribution in [0.1, 0.15) is 21.5 Å². The summed E-state index contributed by atoms with van der Waals surface area (Å²) in [5.41, 5.74) is 4.66. The van der Waals surface area contributed by atoms with E-state index in [1.807, 2.05) is 42.2 Å². The zero-order chi connectivity index (χ0) is 20.2. The highest BCUT2D eigenvalue weighted by atomic mass is 16.5. The van der Waals surface area contributed by atoms with Gasteiger partial charge in [0.25, 0.3) is 5.91 Å². The molecule has 0 atom stereocenters. The molecule has 4 rings (SSSR count). The molecule has 6 heteroatoms. The number of rotatable bonds is 3. The molecule has 2 aliphatic heterocycles. The lowest BCUT2D eigenvalue weighted by molar-refractivity contribution is 0.0746. The summed E-state index contributed by atoms with van der Waals surface area (Å²) in [6.07, 6.45) is 0. The summed E-state index contributed by atoms with van der Waals surface area (Å²) in [6.45, 7) is 8.02. The monoisotopic (exact) mass is 390 g/mol. The summed E-state index contributed by atoms with van der Waals surface area (Å²) in [5.74, 6) is 0.106. The highest BCUT2D eigenvalue weighted by Crippen LogP contribution is 2.26. The van der Waals surface area contributed by atoms with Crippen LogP contribution in [0.25, 0.3) is 0 Å². The molecule has 2 heterocycles. The van der Waals surface area contributed by atoms with Crippen LogP contribution in [0.2, 0.25) is 0 Å². The van der Waals surface area contributed by atoms with E-state index in [4.69, 9.17) is 10.00 Å². The van der Waals surface area contributed by atoms with Gasteiger partial charge in [0.1, 0.15) is 0 Å². The molecular weight excluding hydrogens is 364 g/mol. The van der Waals surface area contributed by atoms with Gasteiger partial charge in [-0.3, -0.25) is 4.79 Å². The minimum absolute atomic E-state index is 0.106. The second-order valence-electron chi connectivity index (χ2n) is 7.56. The van der Waals surface area contributed by atoms with Gasteiger partial charge in [0.2, 0.25) is 0 Å².